The lowest BCUT2D eigenvalue weighted by Gasteiger charge is -2.37. The highest BCUT2D eigenvalue weighted by molar-refractivity contribution is 6.30. The molecule has 0 bridgehead atoms. The molecule has 0 spiro atoms. The first-order valence-electron chi connectivity index (χ1n) is 8.65. The molecule has 6 heteroatoms. The Labute approximate surface area is 163 Å². The van der Waals surface area contributed by atoms with E-state index in [-0.39, 0.29) is 42.0 Å². The Hall–Kier alpha value is -1.62. The number of hydrogen-bond donors (Lipinski definition) is 1. The van der Waals surface area contributed by atoms with Crippen molar-refractivity contribution in [2.45, 2.75) is 18.4 Å². The van der Waals surface area contributed by atoms with E-state index in [0.717, 1.165) is 30.6 Å². The van der Waals surface area contributed by atoms with Gasteiger partial charge in [0.25, 0.3) is 0 Å². The van der Waals surface area contributed by atoms with Crippen LogP contribution in [0.1, 0.15) is 29.5 Å². The number of piperazine rings is 1. The third kappa shape index (κ3) is 3.88. The van der Waals surface area contributed by atoms with Gasteiger partial charge in [0.15, 0.2) is 0 Å². The van der Waals surface area contributed by atoms with Gasteiger partial charge >= 0.3 is 0 Å². The molecule has 3 unspecified atom stereocenters. The van der Waals surface area contributed by atoms with E-state index in [1.54, 1.807) is 12.1 Å². The van der Waals surface area contributed by atoms with Gasteiger partial charge in [-0.2, -0.15) is 0 Å². The molecule has 0 aromatic heterocycles. The van der Waals surface area contributed by atoms with E-state index in [1.807, 2.05) is 29.2 Å². The summed E-state index contributed by atoms with van der Waals surface area (Å²) in [5.74, 6) is 0.171. The van der Waals surface area contributed by atoms with E-state index in [4.69, 9.17) is 11.6 Å². The Morgan fingerprint density at radius 1 is 1.15 bits per heavy atom. The van der Waals surface area contributed by atoms with Gasteiger partial charge in [0.2, 0.25) is 5.91 Å². The Bertz CT molecular complexity index is 784. The Kier molecular flexibility index (Phi) is 5.86. The second-order valence-electron chi connectivity index (χ2n) is 6.81. The number of carbonyl (C=O) groups is 1. The minimum Gasteiger partial charge on any atom is -0.333 e. The summed E-state index contributed by atoms with van der Waals surface area (Å²) in [6.45, 7) is 2.24. The van der Waals surface area contributed by atoms with Crippen molar-refractivity contribution in [3.63, 3.8) is 0 Å². The minimum absolute atomic E-state index is 0. The van der Waals surface area contributed by atoms with E-state index in [2.05, 4.69) is 5.32 Å². The first-order valence-corrected chi connectivity index (χ1v) is 9.03. The van der Waals surface area contributed by atoms with Crippen molar-refractivity contribution < 1.29 is 9.18 Å². The Morgan fingerprint density at radius 2 is 1.92 bits per heavy atom. The van der Waals surface area contributed by atoms with Crippen molar-refractivity contribution in [1.82, 2.24) is 10.2 Å². The summed E-state index contributed by atoms with van der Waals surface area (Å²) in [4.78, 5) is 15.1. The molecule has 1 aliphatic carbocycles. The van der Waals surface area contributed by atoms with Gasteiger partial charge in [0, 0.05) is 30.6 Å². The zero-order valence-electron chi connectivity index (χ0n) is 14.2. The highest BCUT2D eigenvalue weighted by atomic mass is 35.5. The number of nitrogens with zero attached hydrogens (tertiary/aromatic N) is 1. The minimum atomic E-state index is -0.240. The quantitative estimate of drug-likeness (QED) is 0.846. The van der Waals surface area contributed by atoms with Crippen molar-refractivity contribution in [1.29, 1.82) is 0 Å². The van der Waals surface area contributed by atoms with Crippen molar-refractivity contribution in [3.05, 3.63) is 70.5 Å². The maximum atomic E-state index is 13.1. The summed E-state index contributed by atoms with van der Waals surface area (Å²) in [6, 6.07) is 14.3. The van der Waals surface area contributed by atoms with E-state index < -0.39 is 0 Å². The van der Waals surface area contributed by atoms with Crippen LogP contribution in [0.3, 0.4) is 0 Å². The summed E-state index contributed by atoms with van der Waals surface area (Å²) in [5, 5.41) is 4.05. The van der Waals surface area contributed by atoms with Crippen LogP contribution in [0.5, 0.6) is 0 Å². The van der Waals surface area contributed by atoms with Gasteiger partial charge in [0.05, 0.1) is 6.04 Å². The molecule has 3 atom stereocenters. The molecule has 26 heavy (non-hydrogen) atoms. The third-order valence-corrected chi connectivity index (χ3v) is 5.40. The number of nitrogens with one attached hydrogen (secondary N) is 1. The first kappa shape index (κ1) is 19.2. The molecule has 1 saturated carbocycles. The molecule has 0 radical (unpaired) electrons. The van der Waals surface area contributed by atoms with E-state index in [9.17, 15) is 9.18 Å². The van der Waals surface area contributed by atoms with Gasteiger partial charge in [0.1, 0.15) is 5.82 Å². The maximum absolute atomic E-state index is 13.1. The number of rotatable bonds is 3. The van der Waals surface area contributed by atoms with Gasteiger partial charge in [-0.3, -0.25) is 4.79 Å². The average Bonchev–Trinajstić information content (AvgIpc) is 3.42. The van der Waals surface area contributed by atoms with Crippen LogP contribution in [0.25, 0.3) is 0 Å². The van der Waals surface area contributed by atoms with Gasteiger partial charge in [-0.15, -0.1) is 12.4 Å². The number of hydrogen-bond acceptors (Lipinski definition) is 2. The van der Waals surface area contributed by atoms with Crippen LogP contribution in [-0.2, 0) is 4.79 Å². The van der Waals surface area contributed by atoms with E-state index in [0.29, 0.717) is 11.6 Å². The molecule has 1 heterocycles. The number of halogens is 3. The van der Waals surface area contributed by atoms with Gasteiger partial charge < -0.3 is 10.2 Å². The molecular formula is C20H21Cl2FN2O. The predicted molar refractivity (Wildman–Crippen MR) is 103 cm³/mol. The lowest BCUT2D eigenvalue weighted by atomic mass is 10.0. The molecule has 1 N–H and O–H groups in total. The number of amides is 1. The van der Waals surface area contributed by atoms with Gasteiger partial charge in [-0.1, -0.05) is 35.9 Å². The van der Waals surface area contributed by atoms with Crippen LogP contribution in [0.2, 0.25) is 5.02 Å². The highest BCUT2D eigenvalue weighted by Gasteiger charge is 2.47. The van der Waals surface area contributed by atoms with Crippen LogP contribution in [-0.4, -0.2) is 30.4 Å². The molecule has 2 aromatic carbocycles. The second-order valence-corrected chi connectivity index (χ2v) is 7.24. The maximum Gasteiger partial charge on any atom is 0.226 e. The summed E-state index contributed by atoms with van der Waals surface area (Å²) in [6.07, 6.45) is 0.844. The SMILES string of the molecule is Cl.O=C(C1CC1c1ccc(F)cc1)N1CCNCC1c1cccc(Cl)c1. The summed E-state index contributed by atoms with van der Waals surface area (Å²) < 4.78 is 13.1. The summed E-state index contributed by atoms with van der Waals surface area (Å²) >= 11 is 6.13. The molecular weight excluding hydrogens is 374 g/mol. The van der Waals surface area contributed by atoms with Crippen LogP contribution >= 0.6 is 24.0 Å². The fourth-order valence-electron chi connectivity index (χ4n) is 3.74. The van der Waals surface area contributed by atoms with Crippen LogP contribution < -0.4 is 5.32 Å². The average molecular weight is 395 g/mol. The molecule has 4 rings (SSSR count). The van der Waals surface area contributed by atoms with Crippen molar-refractivity contribution in [2.75, 3.05) is 19.6 Å². The van der Waals surface area contributed by atoms with Crippen LogP contribution in [0.15, 0.2) is 48.5 Å². The van der Waals surface area contributed by atoms with Crippen molar-refractivity contribution in [2.24, 2.45) is 5.92 Å². The molecule has 1 aliphatic heterocycles. The Morgan fingerprint density at radius 3 is 2.65 bits per heavy atom. The fourth-order valence-corrected chi connectivity index (χ4v) is 3.94. The zero-order valence-corrected chi connectivity index (χ0v) is 15.8. The molecule has 1 saturated heterocycles. The van der Waals surface area contributed by atoms with Crippen molar-refractivity contribution in [3.8, 4) is 0 Å². The lowest BCUT2D eigenvalue weighted by Crippen LogP contribution is -2.49. The van der Waals surface area contributed by atoms with Gasteiger partial charge in [-0.25, -0.2) is 4.39 Å². The normalized spacial score (nSPS) is 24.7. The summed E-state index contributed by atoms with van der Waals surface area (Å²) in [7, 11) is 0. The molecule has 2 aromatic rings. The van der Waals surface area contributed by atoms with Crippen molar-refractivity contribution >= 4 is 29.9 Å². The monoisotopic (exact) mass is 394 g/mol. The highest BCUT2D eigenvalue weighted by Crippen LogP contribution is 2.49. The largest absolute Gasteiger partial charge is 0.333 e. The van der Waals surface area contributed by atoms with Gasteiger partial charge in [-0.05, 0) is 47.7 Å². The fraction of sp³-hybridized carbons (Fsp3) is 0.350. The molecule has 2 fully saturated rings. The topological polar surface area (TPSA) is 32.3 Å². The summed E-state index contributed by atoms with van der Waals surface area (Å²) in [5.41, 5.74) is 2.11. The zero-order chi connectivity index (χ0) is 17.4. The standard InChI is InChI=1S/C20H20ClFN2O.ClH/c21-15-3-1-2-14(10-15)19-12-23-8-9-24(19)20(25)18-11-17(18)13-4-6-16(22)7-5-13;/h1-7,10,17-19,23H,8-9,11-12H2;1H. The smallest absolute Gasteiger partial charge is 0.226 e. The predicted octanol–water partition coefficient (Wildman–Crippen LogP) is 4.18. The molecule has 138 valence electrons. The molecule has 2 aliphatic rings. The number of carbonyl (C=O) groups excluding carboxylic acids is 1. The van der Waals surface area contributed by atoms with E-state index in [1.165, 1.54) is 12.1 Å². The third-order valence-electron chi connectivity index (χ3n) is 5.17. The van der Waals surface area contributed by atoms with Crippen LogP contribution in [0.4, 0.5) is 4.39 Å². The van der Waals surface area contributed by atoms with Crippen LogP contribution in [0, 0.1) is 11.7 Å². The molecule has 3 nitrogen and oxygen atoms in total. The number of benzene rings is 2. The molecule has 1 amide bonds. The first-order chi connectivity index (χ1) is 12.1. The second kappa shape index (κ2) is 7.95. The lowest BCUT2D eigenvalue weighted by molar-refractivity contribution is -0.136. The van der Waals surface area contributed by atoms with E-state index >= 15 is 0 Å². The Balaban J connectivity index is 0.00000196.